The average Bonchev–Trinajstić information content (AvgIpc) is 2.43. The van der Waals surface area contributed by atoms with Gasteiger partial charge >= 0.3 is 0 Å². The summed E-state index contributed by atoms with van der Waals surface area (Å²) in [7, 11) is 4.55. The molecule has 0 heterocycles. The van der Waals surface area contributed by atoms with Crippen molar-refractivity contribution < 1.29 is 4.48 Å². The van der Waals surface area contributed by atoms with Gasteiger partial charge in [0.25, 0.3) is 0 Å². The van der Waals surface area contributed by atoms with E-state index in [1.807, 2.05) is 18.2 Å². The van der Waals surface area contributed by atoms with Gasteiger partial charge in [0, 0.05) is 23.4 Å². The fourth-order valence-electron chi connectivity index (χ4n) is 2.70. The van der Waals surface area contributed by atoms with E-state index in [0.717, 1.165) is 47.4 Å². The van der Waals surface area contributed by atoms with Gasteiger partial charge in [-0.1, -0.05) is 30.3 Å². The number of nitrogens with two attached hydrogens (primary N) is 2. The van der Waals surface area contributed by atoms with E-state index >= 15 is 0 Å². The molecule has 0 aliphatic heterocycles. The molecule has 0 aliphatic rings. The summed E-state index contributed by atoms with van der Waals surface area (Å²) in [6, 6.07) is 16.4. The smallest absolute Gasteiger partial charge is 0.104 e. The van der Waals surface area contributed by atoms with E-state index in [1.165, 1.54) is 5.56 Å². The second-order valence-electron chi connectivity index (χ2n) is 6.36. The molecule has 0 aromatic heterocycles. The summed E-state index contributed by atoms with van der Waals surface area (Å²) in [6.07, 6.45) is 2.08. The van der Waals surface area contributed by atoms with Crippen molar-refractivity contribution in [1.29, 1.82) is 0 Å². The first kappa shape index (κ1) is 15.4. The van der Waals surface area contributed by atoms with Gasteiger partial charge in [-0.15, -0.1) is 0 Å². The first-order valence-corrected chi connectivity index (χ1v) is 7.46. The Balaban J connectivity index is 1.88. The molecule has 0 unspecified atom stereocenters. The molecule has 0 atom stereocenters. The van der Waals surface area contributed by atoms with Crippen molar-refractivity contribution in [2.75, 3.05) is 32.1 Å². The SMILES string of the molecule is C[N+](C)(CCCc1cc(N)ccc1N)Cc1ccccc1. The predicted molar refractivity (Wildman–Crippen MR) is 90.7 cm³/mol. The fourth-order valence-corrected chi connectivity index (χ4v) is 2.70. The van der Waals surface area contributed by atoms with Crippen LogP contribution in [0.5, 0.6) is 0 Å². The minimum Gasteiger partial charge on any atom is -0.399 e. The van der Waals surface area contributed by atoms with Crippen molar-refractivity contribution >= 4 is 11.4 Å². The predicted octanol–water partition coefficient (Wildman–Crippen LogP) is 3.06. The molecule has 2 aromatic rings. The van der Waals surface area contributed by atoms with E-state index < -0.39 is 0 Å². The van der Waals surface area contributed by atoms with Crippen molar-refractivity contribution in [1.82, 2.24) is 0 Å². The van der Waals surface area contributed by atoms with Crippen molar-refractivity contribution in [3.8, 4) is 0 Å². The number of nitrogens with zero attached hydrogens (tertiary/aromatic N) is 1. The molecule has 0 saturated carbocycles. The van der Waals surface area contributed by atoms with Crippen LogP contribution < -0.4 is 11.5 Å². The molecular weight excluding hydrogens is 258 g/mol. The minimum absolute atomic E-state index is 0.789. The molecule has 3 heteroatoms. The third-order valence-electron chi connectivity index (χ3n) is 3.83. The highest BCUT2D eigenvalue weighted by atomic mass is 15.3. The Morgan fingerprint density at radius 2 is 1.67 bits per heavy atom. The number of rotatable bonds is 6. The van der Waals surface area contributed by atoms with Crippen molar-refractivity contribution in [2.24, 2.45) is 0 Å². The molecule has 0 fully saturated rings. The molecular formula is C18H26N3+. The van der Waals surface area contributed by atoms with Crippen LogP contribution in [-0.4, -0.2) is 25.1 Å². The van der Waals surface area contributed by atoms with Gasteiger partial charge in [0.2, 0.25) is 0 Å². The average molecular weight is 284 g/mol. The Bertz CT molecular complexity index is 576. The van der Waals surface area contributed by atoms with Gasteiger partial charge in [-0.05, 0) is 30.2 Å². The second-order valence-corrected chi connectivity index (χ2v) is 6.36. The largest absolute Gasteiger partial charge is 0.399 e. The van der Waals surface area contributed by atoms with Gasteiger partial charge in [-0.25, -0.2) is 0 Å². The highest BCUT2D eigenvalue weighted by Crippen LogP contribution is 2.18. The molecule has 0 spiro atoms. The standard InChI is InChI=1S/C18H26N3/c1-21(2,14-15-7-4-3-5-8-15)12-6-9-16-13-17(19)10-11-18(16)20/h3-5,7-8,10-11,13H,6,9,12,14,19-20H2,1-2H3/q+1. The number of anilines is 2. The van der Waals surface area contributed by atoms with E-state index in [4.69, 9.17) is 11.5 Å². The van der Waals surface area contributed by atoms with Gasteiger partial charge in [0.15, 0.2) is 0 Å². The zero-order valence-electron chi connectivity index (χ0n) is 13.0. The third kappa shape index (κ3) is 4.80. The quantitative estimate of drug-likeness (QED) is 0.633. The first-order chi connectivity index (χ1) is 9.96. The lowest BCUT2D eigenvalue weighted by molar-refractivity contribution is -0.903. The Morgan fingerprint density at radius 1 is 0.952 bits per heavy atom. The summed E-state index contributed by atoms with van der Waals surface area (Å²) in [5.74, 6) is 0. The molecule has 21 heavy (non-hydrogen) atoms. The molecule has 0 saturated heterocycles. The summed E-state index contributed by atoms with van der Waals surface area (Å²) in [5, 5.41) is 0. The minimum atomic E-state index is 0.789. The van der Waals surface area contributed by atoms with Gasteiger partial charge in [0.1, 0.15) is 6.54 Å². The molecule has 112 valence electrons. The highest BCUT2D eigenvalue weighted by Gasteiger charge is 2.15. The monoisotopic (exact) mass is 284 g/mol. The molecule has 0 bridgehead atoms. The van der Waals surface area contributed by atoms with Crippen molar-refractivity contribution in [3.05, 3.63) is 59.7 Å². The van der Waals surface area contributed by atoms with Crippen LogP contribution in [0, 0.1) is 0 Å². The van der Waals surface area contributed by atoms with Crippen LogP contribution in [0.2, 0.25) is 0 Å². The van der Waals surface area contributed by atoms with Crippen molar-refractivity contribution in [2.45, 2.75) is 19.4 Å². The lowest BCUT2D eigenvalue weighted by Crippen LogP contribution is -2.39. The van der Waals surface area contributed by atoms with Crippen LogP contribution in [0.25, 0.3) is 0 Å². The number of benzene rings is 2. The fraction of sp³-hybridized carbons (Fsp3) is 0.333. The maximum absolute atomic E-state index is 6.00. The summed E-state index contributed by atoms with van der Waals surface area (Å²) in [6.45, 7) is 2.16. The summed E-state index contributed by atoms with van der Waals surface area (Å²) in [4.78, 5) is 0. The molecule has 2 rings (SSSR count). The number of nitrogen functional groups attached to an aromatic ring is 2. The Morgan fingerprint density at radius 3 is 2.38 bits per heavy atom. The van der Waals surface area contributed by atoms with Crippen LogP contribution >= 0.6 is 0 Å². The van der Waals surface area contributed by atoms with Gasteiger partial charge in [-0.3, -0.25) is 0 Å². The van der Waals surface area contributed by atoms with E-state index in [1.54, 1.807) is 0 Å². The van der Waals surface area contributed by atoms with Crippen LogP contribution in [-0.2, 0) is 13.0 Å². The number of aryl methyl sites for hydroxylation is 1. The summed E-state index contributed by atoms with van der Waals surface area (Å²) < 4.78 is 0.978. The number of hydrogen-bond donors (Lipinski definition) is 2. The van der Waals surface area contributed by atoms with Crippen LogP contribution in [0.4, 0.5) is 11.4 Å². The van der Waals surface area contributed by atoms with E-state index in [9.17, 15) is 0 Å². The first-order valence-electron chi connectivity index (χ1n) is 7.46. The van der Waals surface area contributed by atoms with Crippen LogP contribution in [0.3, 0.4) is 0 Å². The summed E-state index contributed by atoms with van der Waals surface area (Å²) in [5.41, 5.74) is 16.0. The number of quaternary nitrogens is 1. The van der Waals surface area contributed by atoms with Crippen LogP contribution in [0.15, 0.2) is 48.5 Å². The van der Waals surface area contributed by atoms with Gasteiger partial charge in [-0.2, -0.15) is 0 Å². The Kier molecular flexibility index (Phi) is 4.86. The van der Waals surface area contributed by atoms with E-state index in [-0.39, 0.29) is 0 Å². The Labute approximate surface area is 127 Å². The van der Waals surface area contributed by atoms with Gasteiger partial charge in [0.05, 0.1) is 20.6 Å². The summed E-state index contributed by atoms with van der Waals surface area (Å²) >= 11 is 0. The normalized spacial score (nSPS) is 11.5. The maximum atomic E-state index is 6.00. The molecule has 0 aliphatic carbocycles. The number of hydrogen-bond acceptors (Lipinski definition) is 2. The molecule has 3 nitrogen and oxygen atoms in total. The maximum Gasteiger partial charge on any atom is 0.104 e. The van der Waals surface area contributed by atoms with Crippen LogP contribution in [0.1, 0.15) is 17.5 Å². The highest BCUT2D eigenvalue weighted by molar-refractivity contribution is 5.55. The zero-order chi connectivity index (χ0) is 15.3. The molecule has 0 radical (unpaired) electrons. The van der Waals surface area contributed by atoms with Crippen molar-refractivity contribution in [3.63, 3.8) is 0 Å². The van der Waals surface area contributed by atoms with E-state index in [2.05, 4.69) is 44.4 Å². The van der Waals surface area contributed by atoms with Gasteiger partial charge < -0.3 is 16.0 Å². The lowest BCUT2D eigenvalue weighted by atomic mass is 10.1. The topological polar surface area (TPSA) is 52.0 Å². The third-order valence-corrected chi connectivity index (χ3v) is 3.83. The molecule has 2 aromatic carbocycles. The lowest BCUT2D eigenvalue weighted by Gasteiger charge is -2.30. The zero-order valence-corrected chi connectivity index (χ0v) is 13.0. The van der Waals surface area contributed by atoms with E-state index in [0.29, 0.717) is 0 Å². The Hall–Kier alpha value is -2.00. The molecule has 4 N–H and O–H groups in total. The second kappa shape index (κ2) is 6.64. The molecule has 0 amide bonds.